The Morgan fingerprint density at radius 3 is 2.85 bits per heavy atom. The molecule has 1 atom stereocenters. The Balaban J connectivity index is 2.08. The molecule has 8 nitrogen and oxygen atoms in total. The van der Waals surface area contributed by atoms with Crippen LogP contribution in [0.15, 0.2) is 4.99 Å². The fraction of sp³-hybridized carbons (Fsp3) is 0.778. The van der Waals surface area contributed by atoms with Crippen LogP contribution in [-0.4, -0.2) is 57.8 Å². The van der Waals surface area contributed by atoms with Crippen molar-refractivity contribution in [1.82, 2.24) is 25.0 Å². The lowest BCUT2D eigenvalue weighted by Gasteiger charge is -2.34. The number of unbranched alkanes of at least 4 members (excludes halogenated alkanes) is 1. The molecule has 0 spiro atoms. The Bertz CT molecular complexity index is 613. The number of likely N-dealkylation sites (tertiary alicyclic amines) is 1. The summed E-state index contributed by atoms with van der Waals surface area (Å²) in [6, 6.07) is 0. The number of aliphatic imine (C=N–C) groups is 1. The van der Waals surface area contributed by atoms with E-state index in [-0.39, 0.29) is 11.9 Å². The van der Waals surface area contributed by atoms with Crippen LogP contribution < -0.4 is 5.32 Å². The van der Waals surface area contributed by atoms with Crippen LogP contribution in [0.5, 0.6) is 0 Å². The van der Waals surface area contributed by atoms with E-state index in [0.29, 0.717) is 19.7 Å². The maximum absolute atomic E-state index is 12.1. The van der Waals surface area contributed by atoms with E-state index in [4.69, 9.17) is 9.73 Å². The summed E-state index contributed by atoms with van der Waals surface area (Å²) in [7, 11) is 1.95. The first-order valence-corrected chi connectivity index (χ1v) is 9.61. The minimum absolute atomic E-state index is 0.0843. The minimum atomic E-state index is -0.103. The first kappa shape index (κ1) is 20.2. The Labute approximate surface area is 156 Å². The highest BCUT2D eigenvalue weighted by Gasteiger charge is 2.28. The van der Waals surface area contributed by atoms with Crippen molar-refractivity contribution in [2.75, 3.05) is 26.2 Å². The van der Waals surface area contributed by atoms with Gasteiger partial charge in [0.25, 0.3) is 0 Å². The smallest absolute Gasteiger partial charge is 0.310 e. The topological polar surface area (TPSA) is 84.6 Å². The van der Waals surface area contributed by atoms with Crippen molar-refractivity contribution < 1.29 is 9.53 Å². The van der Waals surface area contributed by atoms with Crippen molar-refractivity contribution in [3.05, 3.63) is 11.6 Å². The Kier molecular flexibility index (Phi) is 7.87. The summed E-state index contributed by atoms with van der Waals surface area (Å²) < 4.78 is 7.16. The Morgan fingerprint density at radius 2 is 2.19 bits per heavy atom. The van der Waals surface area contributed by atoms with Gasteiger partial charge in [0.1, 0.15) is 12.4 Å². The molecule has 0 aromatic carbocycles. The van der Waals surface area contributed by atoms with Crippen LogP contribution in [0.4, 0.5) is 0 Å². The number of aromatic nitrogens is 3. The molecule has 1 aromatic rings. The highest BCUT2D eigenvalue weighted by atomic mass is 16.5. The Hall–Kier alpha value is -2.12. The first-order chi connectivity index (χ1) is 12.6. The number of aryl methyl sites for hydroxylation is 1. The molecule has 0 bridgehead atoms. The number of ether oxygens (including phenoxy) is 1. The molecule has 2 rings (SSSR count). The quantitative estimate of drug-likeness (QED) is 0.343. The summed E-state index contributed by atoms with van der Waals surface area (Å²) in [6.07, 6.45) is 4.03. The second-order valence-electron chi connectivity index (χ2n) is 6.68. The highest BCUT2D eigenvalue weighted by Crippen LogP contribution is 2.18. The van der Waals surface area contributed by atoms with Gasteiger partial charge >= 0.3 is 5.97 Å². The lowest BCUT2D eigenvalue weighted by Crippen LogP contribution is -2.48. The van der Waals surface area contributed by atoms with Crippen molar-refractivity contribution in [3.8, 4) is 0 Å². The third kappa shape index (κ3) is 5.44. The average Bonchev–Trinajstić information content (AvgIpc) is 2.97. The molecule has 1 N–H and O–H groups in total. The maximum Gasteiger partial charge on any atom is 0.310 e. The number of rotatable bonds is 7. The summed E-state index contributed by atoms with van der Waals surface area (Å²) >= 11 is 0. The fourth-order valence-electron chi connectivity index (χ4n) is 3.00. The molecule has 1 aliphatic rings. The predicted molar refractivity (Wildman–Crippen MR) is 101 cm³/mol. The zero-order valence-corrected chi connectivity index (χ0v) is 16.5. The number of piperidine rings is 1. The minimum Gasteiger partial charge on any atom is -0.466 e. The molecule has 146 valence electrons. The van der Waals surface area contributed by atoms with Gasteiger partial charge in [-0.15, -0.1) is 10.2 Å². The summed E-state index contributed by atoms with van der Waals surface area (Å²) in [4.78, 5) is 19.1. The van der Waals surface area contributed by atoms with Gasteiger partial charge in [-0.05, 0) is 33.1 Å². The van der Waals surface area contributed by atoms with Crippen LogP contribution in [-0.2, 0) is 23.1 Å². The van der Waals surface area contributed by atoms with E-state index in [1.165, 1.54) is 0 Å². The van der Waals surface area contributed by atoms with Crippen molar-refractivity contribution in [2.24, 2.45) is 18.0 Å². The number of hydrogen-bond acceptors (Lipinski definition) is 5. The zero-order valence-electron chi connectivity index (χ0n) is 16.5. The molecule has 0 amide bonds. The fourth-order valence-corrected chi connectivity index (χ4v) is 3.00. The molecular formula is C18H32N6O2. The maximum atomic E-state index is 12.1. The van der Waals surface area contributed by atoms with E-state index in [9.17, 15) is 4.79 Å². The number of guanidine groups is 1. The molecule has 1 saturated heterocycles. The predicted octanol–water partition coefficient (Wildman–Crippen LogP) is 1.64. The largest absolute Gasteiger partial charge is 0.466 e. The number of carbonyl (C=O) groups excluding carboxylic acids is 1. The van der Waals surface area contributed by atoms with Crippen LogP contribution in [0, 0.1) is 12.8 Å². The van der Waals surface area contributed by atoms with Crippen LogP contribution >= 0.6 is 0 Å². The molecule has 26 heavy (non-hydrogen) atoms. The second-order valence-corrected chi connectivity index (χ2v) is 6.68. The van der Waals surface area contributed by atoms with Gasteiger partial charge in [-0.2, -0.15) is 0 Å². The third-order valence-electron chi connectivity index (χ3n) is 4.71. The molecule has 8 heteroatoms. The van der Waals surface area contributed by atoms with Crippen LogP contribution in [0.2, 0.25) is 0 Å². The van der Waals surface area contributed by atoms with Crippen LogP contribution in [0.1, 0.15) is 51.2 Å². The molecule has 1 unspecified atom stereocenters. The first-order valence-electron chi connectivity index (χ1n) is 9.61. The second kappa shape index (κ2) is 10.1. The molecule has 0 saturated carbocycles. The number of hydrogen-bond donors (Lipinski definition) is 1. The number of esters is 1. The van der Waals surface area contributed by atoms with Gasteiger partial charge in [0.15, 0.2) is 11.8 Å². The van der Waals surface area contributed by atoms with E-state index in [1.54, 1.807) is 0 Å². The van der Waals surface area contributed by atoms with E-state index >= 15 is 0 Å². The summed E-state index contributed by atoms with van der Waals surface area (Å²) in [5, 5.41) is 11.7. The van der Waals surface area contributed by atoms with Gasteiger partial charge < -0.3 is 19.5 Å². The number of nitrogens with zero attached hydrogens (tertiary/aromatic N) is 5. The molecule has 1 aromatic heterocycles. The van der Waals surface area contributed by atoms with Crippen molar-refractivity contribution in [2.45, 2.75) is 53.0 Å². The summed E-state index contributed by atoms with van der Waals surface area (Å²) in [6.45, 7) is 9.24. The molecular weight excluding hydrogens is 332 g/mol. The third-order valence-corrected chi connectivity index (χ3v) is 4.71. The summed E-state index contributed by atoms with van der Waals surface area (Å²) in [5.74, 6) is 2.35. The van der Waals surface area contributed by atoms with Gasteiger partial charge in [-0.3, -0.25) is 4.79 Å². The van der Waals surface area contributed by atoms with E-state index < -0.39 is 0 Å². The highest BCUT2D eigenvalue weighted by molar-refractivity contribution is 5.81. The number of nitrogens with one attached hydrogen (secondary N) is 1. The standard InChI is InChI=1S/C18H32N6O2/c1-5-7-10-19-18(20-12-16-22-21-14(3)23(16)4)24-11-8-9-15(13-24)17(25)26-6-2/h15H,5-13H2,1-4H3,(H,19,20). The monoisotopic (exact) mass is 364 g/mol. The average molecular weight is 364 g/mol. The van der Waals surface area contributed by atoms with E-state index in [1.807, 2.05) is 25.5 Å². The van der Waals surface area contributed by atoms with Crippen molar-refractivity contribution in [1.29, 1.82) is 0 Å². The summed E-state index contributed by atoms with van der Waals surface area (Å²) in [5.41, 5.74) is 0. The van der Waals surface area contributed by atoms with Gasteiger partial charge in [0, 0.05) is 26.7 Å². The van der Waals surface area contributed by atoms with E-state index in [0.717, 1.165) is 56.4 Å². The molecule has 1 aliphatic heterocycles. The van der Waals surface area contributed by atoms with Crippen molar-refractivity contribution >= 4 is 11.9 Å². The Morgan fingerprint density at radius 1 is 1.38 bits per heavy atom. The normalized spacial score (nSPS) is 18.1. The molecule has 2 heterocycles. The van der Waals surface area contributed by atoms with Gasteiger partial charge in [0.05, 0.1) is 12.5 Å². The lowest BCUT2D eigenvalue weighted by molar-refractivity contribution is -0.149. The van der Waals surface area contributed by atoms with E-state index in [2.05, 4.69) is 27.3 Å². The molecule has 0 aliphatic carbocycles. The number of carbonyl (C=O) groups is 1. The van der Waals surface area contributed by atoms with Gasteiger partial charge in [-0.1, -0.05) is 13.3 Å². The van der Waals surface area contributed by atoms with Gasteiger partial charge in [0.2, 0.25) is 0 Å². The lowest BCUT2D eigenvalue weighted by atomic mass is 9.98. The SMILES string of the molecule is CCCCNC(=NCc1nnc(C)n1C)N1CCCC(C(=O)OCC)C1. The van der Waals surface area contributed by atoms with Crippen LogP contribution in [0.25, 0.3) is 0 Å². The zero-order chi connectivity index (χ0) is 18.9. The van der Waals surface area contributed by atoms with Crippen molar-refractivity contribution in [3.63, 3.8) is 0 Å². The molecule has 0 radical (unpaired) electrons. The van der Waals surface area contributed by atoms with Crippen LogP contribution in [0.3, 0.4) is 0 Å². The molecule has 1 fully saturated rings. The van der Waals surface area contributed by atoms with Gasteiger partial charge in [-0.25, -0.2) is 4.99 Å².